The predicted octanol–water partition coefficient (Wildman–Crippen LogP) is 4.06. The first-order valence-corrected chi connectivity index (χ1v) is 6.48. The van der Waals surface area contributed by atoms with E-state index in [1.807, 2.05) is 54.6 Å². The van der Waals surface area contributed by atoms with Crippen molar-refractivity contribution in [1.29, 1.82) is 0 Å². The minimum atomic E-state index is -0.785. The molecule has 1 unspecified atom stereocenters. The number of carboxylic acids is 1. The van der Waals surface area contributed by atoms with Gasteiger partial charge in [0, 0.05) is 10.4 Å². The van der Waals surface area contributed by atoms with E-state index in [1.165, 1.54) is 0 Å². The minimum Gasteiger partial charge on any atom is -0.481 e. The predicted molar refractivity (Wildman–Crippen MR) is 74.7 cm³/mol. The lowest BCUT2D eigenvalue weighted by molar-refractivity contribution is -0.137. The lowest BCUT2D eigenvalue weighted by Gasteiger charge is -2.16. The number of aliphatic carboxylic acids is 1. The molecule has 0 aliphatic carbocycles. The van der Waals surface area contributed by atoms with Crippen LogP contribution >= 0.6 is 15.9 Å². The van der Waals surface area contributed by atoms with E-state index in [-0.39, 0.29) is 12.3 Å². The van der Waals surface area contributed by atoms with Gasteiger partial charge in [-0.2, -0.15) is 0 Å². The molecule has 0 saturated heterocycles. The van der Waals surface area contributed by atoms with Gasteiger partial charge >= 0.3 is 5.97 Å². The van der Waals surface area contributed by atoms with Crippen LogP contribution in [0.3, 0.4) is 0 Å². The Bertz CT molecular complexity index is 520. The highest BCUT2D eigenvalue weighted by atomic mass is 79.9. The molecule has 0 spiro atoms. The Kier molecular flexibility index (Phi) is 4.15. The van der Waals surface area contributed by atoms with E-state index in [2.05, 4.69) is 15.9 Å². The normalized spacial score (nSPS) is 12.1. The summed E-state index contributed by atoms with van der Waals surface area (Å²) in [5.41, 5.74) is 2.05. The molecule has 0 aliphatic heterocycles. The van der Waals surface area contributed by atoms with Crippen LogP contribution in [0.2, 0.25) is 0 Å². The third-order valence-electron chi connectivity index (χ3n) is 2.85. The molecule has 2 aromatic carbocycles. The van der Waals surface area contributed by atoms with Gasteiger partial charge in [0.25, 0.3) is 0 Å². The van der Waals surface area contributed by atoms with E-state index < -0.39 is 5.97 Å². The Hall–Kier alpha value is -1.61. The number of benzene rings is 2. The second kappa shape index (κ2) is 5.83. The van der Waals surface area contributed by atoms with Gasteiger partial charge in [0.2, 0.25) is 0 Å². The molecule has 0 heterocycles. The van der Waals surface area contributed by atoms with Gasteiger partial charge in [0.15, 0.2) is 0 Å². The quantitative estimate of drug-likeness (QED) is 0.925. The van der Waals surface area contributed by atoms with Crippen LogP contribution in [-0.4, -0.2) is 11.1 Å². The largest absolute Gasteiger partial charge is 0.481 e. The Balaban J connectivity index is 2.36. The lowest BCUT2D eigenvalue weighted by Crippen LogP contribution is -2.07. The first-order chi connectivity index (χ1) is 8.66. The average molecular weight is 305 g/mol. The standard InChI is InChI=1S/C15H13BrO2/c16-13-8-6-12(7-9-13)14(10-15(17)18)11-4-2-1-3-5-11/h1-9,14H,10H2,(H,17,18). The molecule has 2 nitrogen and oxygen atoms in total. The Morgan fingerprint density at radius 2 is 1.56 bits per heavy atom. The van der Waals surface area contributed by atoms with Crippen LogP contribution in [0.4, 0.5) is 0 Å². The summed E-state index contributed by atoms with van der Waals surface area (Å²) in [6.07, 6.45) is 0.103. The number of rotatable bonds is 4. The third-order valence-corrected chi connectivity index (χ3v) is 3.38. The van der Waals surface area contributed by atoms with Crippen molar-refractivity contribution in [2.24, 2.45) is 0 Å². The van der Waals surface area contributed by atoms with Gasteiger partial charge in [-0.15, -0.1) is 0 Å². The van der Waals surface area contributed by atoms with Crippen molar-refractivity contribution in [2.75, 3.05) is 0 Å². The van der Waals surface area contributed by atoms with Crippen molar-refractivity contribution in [1.82, 2.24) is 0 Å². The molecular formula is C15H13BrO2. The van der Waals surface area contributed by atoms with Crippen LogP contribution < -0.4 is 0 Å². The van der Waals surface area contributed by atoms with Gasteiger partial charge in [0.1, 0.15) is 0 Å². The summed E-state index contributed by atoms with van der Waals surface area (Å²) in [7, 11) is 0. The topological polar surface area (TPSA) is 37.3 Å². The fourth-order valence-electron chi connectivity index (χ4n) is 1.98. The second-order valence-electron chi connectivity index (χ2n) is 4.11. The molecule has 0 aliphatic rings. The molecule has 2 rings (SSSR count). The fourth-order valence-corrected chi connectivity index (χ4v) is 2.25. The van der Waals surface area contributed by atoms with Crippen molar-refractivity contribution in [2.45, 2.75) is 12.3 Å². The second-order valence-corrected chi connectivity index (χ2v) is 5.03. The summed E-state index contributed by atoms with van der Waals surface area (Å²) in [6, 6.07) is 17.5. The van der Waals surface area contributed by atoms with Gasteiger partial charge in [-0.05, 0) is 23.3 Å². The highest BCUT2D eigenvalue weighted by Crippen LogP contribution is 2.28. The number of hydrogen-bond acceptors (Lipinski definition) is 1. The average Bonchev–Trinajstić information content (AvgIpc) is 2.38. The van der Waals surface area contributed by atoms with Crippen LogP contribution in [0.25, 0.3) is 0 Å². The van der Waals surface area contributed by atoms with E-state index in [9.17, 15) is 4.79 Å². The van der Waals surface area contributed by atoms with Crippen LogP contribution in [0.15, 0.2) is 59.1 Å². The maximum atomic E-state index is 11.0. The number of hydrogen-bond donors (Lipinski definition) is 1. The molecule has 1 N–H and O–H groups in total. The number of halogens is 1. The van der Waals surface area contributed by atoms with Crippen molar-refractivity contribution < 1.29 is 9.90 Å². The fraction of sp³-hybridized carbons (Fsp3) is 0.133. The Labute approximate surface area is 114 Å². The molecule has 0 saturated carbocycles. The Morgan fingerprint density at radius 1 is 1.00 bits per heavy atom. The van der Waals surface area contributed by atoms with Gasteiger partial charge in [-0.1, -0.05) is 58.4 Å². The highest BCUT2D eigenvalue weighted by molar-refractivity contribution is 9.10. The van der Waals surface area contributed by atoms with E-state index in [0.29, 0.717) is 0 Å². The van der Waals surface area contributed by atoms with Gasteiger partial charge < -0.3 is 5.11 Å². The maximum Gasteiger partial charge on any atom is 0.304 e. The smallest absolute Gasteiger partial charge is 0.304 e. The monoisotopic (exact) mass is 304 g/mol. The summed E-state index contributed by atoms with van der Waals surface area (Å²) in [4.78, 5) is 11.0. The van der Waals surface area contributed by atoms with Crippen molar-refractivity contribution >= 4 is 21.9 Å². The SMILES string of the molecule is O=C(O)CC(c1ccccc1)c1ccc(Br)cc1. The summed E-state index contributed by atoms with van der Waals surface area (Å²) in [6.45, 7) is 0. The molecule has 3 heteroatoms. The summed E-state index contributed by atoms with van der Waals surface area (Å²) >= 11 is 3.39. The third kappa shape index (κ3) is 3.20. The molecule has 1 atom stereocenters. The molecule has 2 aromatic rings. The van der Waals surface area contributed by atoms with E-state index >= 15 is 0 Å². The van der Waals surface area contributed by atoms with Gasteiger partial charge in [0.05, 0.1) is 6.42 Å². The van der Waals surface area contributed by atoms with Crippen LogP contribution in [0.5, 0.6) is 0 Å². The Morgan fingerprint density at radius 3 is 2.11 bits per heavy atom. The van der Waals surface area contributed by atoms with E-state index in [4.69, 9.17) is 5.11 Å². The molecule has 0 aromatic heterocycles. The van der Waals surface area contributed by atoms with Gasteiger partial charge in [-0.25, -0.2) is 0 Å². The molecule has 0 fully saturated rings. The summed E-state index contributed by atoms with van der Waals surface area (Å²) in [5.74, 6) is -0.886. The van der Waals surface area contributed by atoms with Crippen molar-refractivity contribution in [3.8, 4) is 0 Å². The van der Waals surface area contributed by atoms with Crippen molar-refractivity contribution in [3.05, 3.63) is 70.2 Å². The van der Waals surface area contributed by atoms with E-state index in [0.717, 1.165) is 15.6 Å². The zero-order valence-corrected chi connectivity index (χ0v) is 11.3. The summed E-state index contributed by atoms with van der Waals surface area (Å²) in [5, 5.41) is 9.05. The summed E-state index contributed by atoms with van der Waals surface area (Å²) < 4.78 is 0.994. The van der Waals surface area contributed by atoms with Crippen LogP contribution in [0.1, 0.15) is 23.5 Å². The zero-order valence-electron chi connectivity index (χ0n) is 9.71. The minimum absolute atomic E-state index is 0.100. The zero-order chi connectivity index (χ0) is 13.0. The lowest BCUT2D eigenvalue weighted by atomic mass is 9.89. The maximum absolute atomic E-state index is 11.0. The highest BCUT2D eigenvalue weighted by Gasteiger charge is 2.17. The first-order valence-electron chi connectivity index (χ1n) is 5.69. The van der Waals surface area contributed by atoms with Crippen molar-refractivity contribution in [3.63, 3.8) is 0 Å². The molecule has 0 amide bonds. The molecule has 0 radical (unpaired) electrons. The molecular weight excluding hydrogens is 292 g/mol. The number of carboxylic acid groups (broad SMARTS) is 1. The van der Waals surface area contributed by atoms with E-state index in [1.54, 1.807) is 0 Å². The molecule has 92 valence electrons. The van der Waals surface area contributed by atoms with Gasteiger partial charge in [-0.3, -0.25) is 4.79 Å². The van der Waals surface area contributed by atoms with Crippen LogP contribution in [0, 0.1) is 0 Å². The molecule has 0 bridgehead atoms. The first kappa shape index (κ1) is 12.8. The number of carbonyl (C=O) groups is 1. The van der Waals surface area contributed by atoms with Crippen LogP contribution in [-0.2, 0) is 4.79 Å². The molecule has 18 heavy (non-hydrogen) atoms.